The van der Waals surface area contributed by atoms with E-state index >= 15 is 0 Å². The third-order valence-corrected chi connectivity index (χ3v) is 3.94. The predicted molar refractivity (Wildman–Crippen MR) is 77.9 cm³/mol. The van der Waals surface area contributed by atoms with Crippen LogP contribution in [-0.2, 0) is 18.3 Å². The van der Waals surface area contributed by atoms with Gasteiger partial charge < -0.3 is 10.4 Å². The second-order valence-electron chi connectivity index (χ2n) is 5.79. The highest BCUT2D eigenvalue weighted by molar-refractivity contribution is 5.76. The van der Waals surface area contributed by atoms with E-state index in [9.17, 15) is 9.90 Å². The molecule has 118 valence electrons. The van der Waals surface area contributed by atoms with E-state index in [2.05, 4.69) is 20.6 Å². The van der Waals surface area contributed by atoms with Gasteiger partial charge in [0.05, 0.1) is 36.3 Å². The van der Waals surface area contributed by atoms with E-state index in [1.165, 1.54) is 4.80 Å². The summed E-state index contributed by atoms with van der Waals surface area (Å²) in [7, 11) is 1.75. The van der Waals surface area contributed by atoms with Crippen LogP contribution in [0.1, 0.15) is 30.1 Å². The van der Waals surface area contributed by atoms with E-state index in [-0.39, 0.29) is 18.0 Å². The van der Waals surface area contributed by atoms with Gasteiger partial charge in [0.25, 0.3) is 0 Å². The maximum absolute atomic E-state index is 12.0. The molecule has 2 aromatic rings. The van der Waals surface area contributed by atoms with Gasteiger partial charge in [-0.3, -0.25) is 9.48 Å². The molecule has 0 bridgehead atoms. The lowest BCUT2D eigenvalue weighted by Gasteiger charge is -2.41. The summed E-state index contributed by atoms with van der Waals surface area (Å²) in [6.45, 7) is 1.95. The molecule has 2 aromatic heterocycles. The summed E-state index contributed by atoms with van der Waals surface area (Å²) in [6, 6.07) is -0.266. The minimum atomic E-state index is -0.468. The van der Waals surface area contributed by atoms with Crippen LogP contribution in [0.3, 0.4) is 0 Å². The first-order valence-electron chi connectivity index (χ1n) is 7.36. The van der Waals surface area contributed by atoms with E-state index < -0.39 is 6.10 Å². The van der Waals surface area contributed by atoms with Crippen molar-refractivity contribution in [2.24, 2.45) is 7.05 Å². The zero-order valence-corrected chi connectivity index (χ0v) is 12.7. The van der Waals surface area contributed by atoms with E-state index in [0.29, 0.717) is 19.3 Å². The quantitative estimate of drug-likeness (QED) is 0.793. The fourth-order valence-electron chi connectivity index (χ4n) is 2.74. The van der Waals surface area contributed by atoms with E-state index in [1.54, 1.807) is 24.1 Å². The number of nitrogens with one attached hydrogen (secondary N) is 1. The minimum Gasteiger partial charge on any atom is -0.391 e. The summed E-state index contributed by atoms with van der Waals surface area (Å²) in [5, 5.41) is 25.2. The van der Waals surface area contributed by atoms with Gasteiger partial charge in [0, 0.05) is 26.1 Å². The van der Waals surface area contributed by atoms with Crippen LogP contribution >= 0.6 is 0 Å². The number of carbonyl (C=O) groups excluding carboxylic acids is 1. The number of hydrogen-bond donors (Lipinski definition) is 2. The van der Waals surface area contributed by atoms with Gasteiger partial charge in [-0.15, -0.1) is 0 Å². The normalized spacial score (nSPS) is 24.0. The lowest BCUT2D eigenvalue weighted by molar-refractivity contribution is -0.124. The molecular formula is C14H20N6O2. The van der Waals surface area contributed by atoms with Crippen LogP contribution in [0.4, 0.5) is 0 Å². The van der Waals surface area contributed by atoms with Crippen LogP contribution in [-0.4, -0.2) is 47.9 Å². The molecule has 1 aliphatic carbocycles. The van der Waals surface area contributed by atoms with Gasteiger partial charge in [0.1, 0.15) is 0 Å². The third kappa shape index (κ3) is 3.01. The molecule has 2 N–H and O–H groups in total. The van der Waals surface area contributed by atoms with Crippen LogP contribution in [0, 0.1) is 6.92 Å². The molecule has 1 fully saturated rings. The Morgan fingerprint density at radius 1 is 1.45 bits per heavy atom. The Morgan fingerprint density at radius 3 is 2.86 bits per heavy atom. The Hall–Kier alpha value is -2.22. The van der Waals surface area contributed by atoms with Crippen LogP contribution in [0.5, 0.6) is 0 Å². The molecule has 3 rings (SSSR count). The number of hydrogen-bond acceptors (Lipinski definition) is 5. The monoisotopic (exact) mass is 304 g/mol. The number of aromatic nitrogens is 5. The van der Waals surface area contributed by atoms with Crippen molar-refractivity contribution in [2.45, 2.75) is 44.4 Å². The highest BCUT2D eigenvalue weighted by Gasteiger charge is 2.42. The Labute approximate surface area is 128 Å². The Morgan fingerprint density at radius 2 is 2.27 bits per heavy atom. The van der Waals surface area contributed by atoms with Crippen molar-refractivity contribution < 1.29 is 9.90 Å². The average Bonchev–Trinajstić information content (AvgIpc) is 3.05. The molecule has 1 amide bonds. The number of nitrogens with zero attached hydrogens (tertiary/aromatic N) is 5. The van der Waals surface area contributed by atoms with Crippen LogP contribution in [0.2, 0.25) is 0 Å². The van der Waals surface area contributed by atoms with Crippen molar-refractivity contribution in [1.82, 2.24) is 30.1 Å². The zero-order chi connectivity index (χ0) is 15.7. The summed E-state index contributed by atoms with van der Waals surface area (Å²) in [5.74, 6) is -0.0450. The Kier molecular flexibility index (Phi) is 3.93. The molecule has 3 atom stereocenters. The van der Waals surface area contributed by atoms with Crippen LogP contribution in [0.25, 0.3) is 0 Å². The Balaban J connectivity index is 1.53. The standard InChI is InChI=1S/C14H20N6O2/c1-9-6-16-20(8-9)14-11(5-12(14)21)17-13(22)4-3-10-7-15-19(2)18-10/h6-8,11-12,14,21H,3-5H2,1-2H3,(H,17,22)/t11-,12+,14+/m0/s1. The van der Waals surface area contributed by atoms with Crippen molar-refractivity contribution in [3.05, 3.63) is 29.8 Å². The van der Waals surface area contributed by atoms with Crippen molar-refractivity contribution in [2.75, 3.05) is 0 Å². The summed E-state index contributed by atoms with van der Waals surface area (Å²) >= 11 is 0. The topological polar surface area (TPSA) is 97.9 Å². The molecular weight excluding hydrogens is 284 g/mol. The van der Waals surface area contributed by atoms with Crippen LogP contribution in [0.15, 0.2) is 18.6 Å². The number of carbonyl (C=O) groups is 1. The smallest absolute Gasteiger partial charge is 0.220 e. The third-order valence-electron chi connectivity index (χ3n) is 3.94. The average molecular weight is 304 g/mol. The van der Waals surface area contributed by atoms with Crippen molar-refractivity contribution in [3.8, 4) is 0 Å². The highest BCUT2D eigenvalue weighted by atomic mass is 16.3. The first-order chi connectivity index (χ1) is 10.5. The van der Waals surface area contributed by atoms with Gasteiger partial charge in [-0.05, 0) is 18.9 Å². The van der Waals surface area contributed by atoms with E-state index in [4.69, 9.17) is 0 Å². The summed E-state index contributed by atoms with van der Waals surface area (Å²) in [4.78, 5) is 13.5. The van der Waals surface area contributed by atoms with Crippen LogP contribution < -0.4 is 5.32 Å². The molecule has 0 spiro atoms. The van der Waals surface area contributed by atoms with Crippen molar-refractivity contribution in [3.63, 3.8) is 0 Å². The molecule has 0 radical (unpaired) electrons. The second-order valence-corrected chi connectivity index (χ2v) is 5.79. The van der Waals surface area contributed by atoms with E-state index in [0.717, 1.165) is 11.3 Å². The van der Waals surface area contributed by atoms with Gasteiger partial charge in [-0.1, -0.05) is 0 Å². The number of rotatable bonds is 5. The fraction of sp³-hybridized carbons (Fsp3) is 0.571. The highest BCUT2D eigenvalue weighted by Crippen LogP contribution is 2.32. The van der Waals surface area contributed by atoms with Gasteiger partial charge in [0.15, 0.2) is 0 Å². The molecule has 2 heterocycles. The fourth-order valence-corrected chi connectivity index (χ4v) is 2.74. The van der Waals surface area contributed by atoms with Gasteiger partial charge >= 0.3 is 0 Å². The van der Waals surface area contributed by atoms with Crippen molar-refractivity contribution >= 4 is 5.91 Å². The van der Waals surface area contributed by atoms with Gasteiger partial charge in [-0.25, -0.2) is 0 Å². The molecule has 22 heavy (non-hydrogen) atoms. The Bertz CT molecular complexity index is 664. The minimum absolute atomic E-state index is 0.0450. The molecule has 8 heteroatoms. The number of amides is 1. The lowest BCUT2D eigenvalue weighted by Crippen LogP contribution is -2.56. The molecule has 0 unspecified atom stereocenters. The van der Waals surface area contributed by atoms with Gasteiger partial charge in [0.2, 0.25) is 5.91 Å². The molecule has 0 aliphatic heterocycles. The summed E-state index contributed by atoms with van der Waals surface area (Å²) in [6.07, 6.45) is 6.29. The summed E-state index contributed by atoms with van der Waals surface area (Å²) < 4.78 is 1.73. The zero-order valence-electron chi connectivity index (χ0n) is 12.7. The number of aliphatic hydroxyl groups excluding tert-OH is 1. The first-order valence-corrected chi connectivity index (χ1v) is 7.36. The predicted octanol–water partition coefficient (Wildman–Crippen LogP) is -0.257. The maximum atomic E-state index is 12.0. The molecule has 0 aromatic carbocycles. The van der Waals surface area contributed by atoms with Crippen molar-refractivity contribution in [1.29, 1.82) is 0 Å². The number of aliphatic hydroxyl groups is 1. The SMILES string of the molecule is Cc1cnn([C@H]2[C@H](O)C[C@@H]2NC(=O)CCc2cnn(C)n2)c1. The molecule has 1 saturated carbocycles. The number of aryl methyl sites for hydroxylation is 3. The van der Waals surface area contributed by atoms with Gasteiger partial charge in [-0.2, -0.15) is 20.1 Å². The lowest BCUT2D eigenvalue weighted by atomic mass is 9.83. The molecule has 1 aliphatic rings. The summed E-state index contributed by atoms with van der Waals surface area (Å²) in [5.41, 5.74) is 1.83. The molecule has 8 nitrogen and oxygen atoms in total. The maximum Gasteiger partial charge on any atom is 0.220 e. The largest absolute Gasteiger partial charge is 0.391 e. The molecule has 0 saturated heterocycles. The first kappa shape index (κ1) is 14.7. The second kappa shape index (κ2) is 5.88. The van der Waals surface area contributed by atoms with E-state index in [1.807, 2.05) is 13.1 Å².